The molecule has 1 saturated heterocycles. The predicted octanol–water partition coefficient (Wildman–Crippen LogP) is 2.55. The Morgan fingerprint density at radius 3 is 2.57 bits per heavy atom. The third kappa shape index (κ3) is 5.37. The molecule has 8 nitrogen and oxygen atoms in total. The van der Waals surface area contributed by atoms with E-state index in [1.807, 2.05) is 25.7 Å². The summed E-state index contributed by atoms with van der Waals surface area (Å²) in [6, 6.07) is 0. The number of nitrogens with zero attached hydrogens (tertiary/aromatic N) is 5. The molecule has 0 saturated carbocycles. The van der Waals surface area contributed by atoms with E-state index in [0.717, 1.165) is 50.0 Å². The highest BCUT2D eigenvalue weighted by molar-refractivity contribution is 5.96. The number of aryl methyl sites for hydroxylation is 2. The molecule has 1 fully saturated rings. The van der Waals surface area contributed by atoms with Crippen LogP contribution in [0.15, 0.2) is 18.6 Å². The van der Waals surface area contributed by atoms with Gasteiger partial charge in [0.1, 0.15) is 17.3 Å². The number of aromatic nitrogens is 4. The van der Waals surface area contributed by atoms with Crippen molar-refractivity contribution < 1.29 is 9.59 Å². The standard InChI is InChI=1S/C22H30N6O2/c1-14(12-20(29)19-13-24-8-9-25-19)22(30)28-10-6-17(7-11-28)4-5-18-15(2)26-16(3)27-21(18)23/h8-9,13-14,17H,4-7,10-12H2,1-3H3,(H2,23,26,27)/t14-/m1/s1. The monoisotopic (exact) mass is 410 g/mol. The van der Waals surface area contributed by atoms with E-state index in [1.54, 1.807) is 0 Å². The molecule has 0 bridgehead atoms. The fourth-order valence-electron chi connectivity index (χ4n) is 4.09. The van der Waals surface area contributed by atoms with Gasteiger partial charge in [-0.25, -0.2) is 15.0 Å². The summed E-state index contributed by atoms with van der Waals surface area (Å²) in [5.74, 6) is 1.36. The number of likely N-dealkylation sites (tertiary alicyclic amines) is 1. The molecular weight excluding hydrogens is 380 g/mol. The lowest BCUT2D eigenvalue weighted by Gasteiger charge is -2.33. The van der Waals surface area contributed by atoms with Gasteiger partial charge >= 0.3 is 0 Å². The molecule has 1 aliphatic rings. The number of nitrogen functional groups attached to an aromatic ring is 1. The maximum absolute atomic E-state index is 12.8. The average Bonchev–Trinajstić information content (AvgIpc) is 2.73. The summed E-state index contributed by atoms with van der Waals surface area (Å²) in [7, 11) is 0. The van der Waals surface area contributed by atoms with Crippen LogP contribution in [0.2, 0.25) is 0 Å². The molecule has 0 radical (unpaired) electrons. The molecule has 30 heavy (non-hydrogen) atoms. The minimum atomic E-state index is -0.358. The highest BCUT2D eigenvalue weighted by Gasteiger charge is 2.28. The first kappa shape index (κ1) is 21.8. The second-order valence-corrected chi connectivity index (χ2v) is 8.15. The van der Waals surface area contributed by atoms with Gasteiger partial charge in [0.15, 0.2) is 5.78 Å². The van der Waals surface area contributed by atoms with Crippen molar-refractivity contribution in [3.8, 4) is 0 Å². The number of nitrogens with two attached hydrogens (primary N) is 1. The van der Waals surface area contributed by atoms with Gasteiger partial charge in [-0.15, -0.1) is 0 Å². The van der Waals surface area contributed by atoms with Gasteiger partial charge < -0.3 is 10.6 Å². The van der Waals surface area contributed by atoms with Crippen molar-refractivity contribution in [1.29, 1.82) is 0 Å². The summed E-state index contributed by atoms with van der Waals surface area (Å²) in [6.07, 6.45) is 8.41. The molecule has 160 valence electrons. The van der Waals surface area contributed by atoms with Gasteiger partial charge in [-0.3, -0.25) is 14.6 Å². The van der Waals surface area contributed by atoms with Gasteiger partial charge in [0, 0.05) is 49.1 Å². The van der Waals surface area contributed by atoms with E-state index in [0.29, 0.717) is 23.3 Å². The molecule has 0 unspecified atom stereocenters. The number of ketones is 1. The smallest absolute Gasteiger partial charge is 0.225 e. The number of anilines is 1. The van der Waals surface area contributed by atoms with Crippen molar-refractivity contribution in [1.82, 2.24) is 24.8 Å². The Balaban J connectivity index is 1.47. The van der Waals surface area contributed by atoms with Gasteiger partial charge in [0.05, 0.1) is 6.20 Å². The Kier molecular flexibility index (Phi) is 7.07. The third-order valence-electron chi connectivity index (χ3n) is 5.85. The number of piperidine rings is 1. The number of rotatable bonds is 7. The molecule has 2 aromatic rings. The molecule has 8 heteroatoms. The van der Waals surface area contributed by atoms with Crippen LogP contribution in [-0.4, -0.2) is 49.6 Å². The van der Waals surface area contributed by atoms with Crippen molar-refractivity contribution >= 4 is 17.5 Å². The molecule has 1 amide bonds. The second-order valence-electron chi connectivity index (χ2n) is 8.15. The quantitative estimate of drug-likeness (QED) is 0.697. The Hall–Kier alpha value is -2.90. The maximum Gasteiger partial charge on any atom is 0.225 e. The first-order valence-corrected chi connectivity index (χ1v) is 10.5. The number of carbonyl (C=O) groups is 2. The summed E-state index contributed by atoms with van der Waals surface area (Å²) in [6.45, 7) is 7.09. The Morgan fingerprint density at radius 2 is 1.93 bits per heavy atom. The van der Waals surface area contributed by atoms with Gasteiger partial charge in [0.2, 0.25) is 5.91 Å². The van der Waals surface area contributed by atoms with E-state index < -0.39 is 0 Å². The van der Waals surface area contributed by atoms with Crippen LogP contribution in [-0.2, 0) is 11.2 Å². The average molecular weight is 411 g/mol. The van der Waals surface area contributed by atoms with Crippen molar-refractivity contribution in [2.75, 3.05) is 18.8 Å². The topological polar surface area (TPSA) is 115 Å². The Bertz CT molecular complexity index is 871. The molecule has 0 aliphatic carbocycles. The van der Waals surface area contributed by atoms with Crippen molar-refractivity contribution in [3.63, 3.8) is 0 Å². The number of carbonyl (C=O) groups excluding carboxylic acids is 2. The second kappa shape index (κ2) is 9.73. The summed E-state index contributed by atoms with van der Waals surface area (Å²) in [4.78, 5) is 43.6. The van der Waals surface area contributed by atoms with E-state index in [9.17, 15) is 9.59 Å². The van der Waals surface area contributed by atoms with Gasteiger partial charge in [-0.05, 0) is 45.4 Å². The third-order valence-corrected chi connectivity index (χ3v) is 5.85. The van der Waals surface area contributed by atoms with E-state index in [4.69, 9.17) is 5.73 Å². The first-order chi connectivity index (χ1) is 14.3. The lowest BCUT2D eigenvalue weighted by Crippen LogP contribution is -2.41. The van der Waals surface area contributed by atoms with E-state index >= 15 is 0 Å². The molecule has 1 atom stereocenters. The highest BCUT2D eigenvalue weighted by atomic mass is 16.2. The van der Waals surface area contributed by atoms with Crippen LogP contribution < -0.4 is 5.73 Å². The molecule has 3 heterocycles. The fourth-order valence-corrected chi connectivity index (χ4v) is 4.09. The normalized spacial score (nSPS) is 15.8. The number of amides is 1. The van der Waals surface area contributed by atoms with E-state index in [-0.39, 0.29) is 24.0 Å². The van der Waals surface area contributed by atoms with Crippen LogP contribution in [0.4, 0.5) is 5.82 Å². The minimum Gasteiger partial charge on any atom is -0.383 e. The first-order valence-electron chi connectivity index (χ1n) is 10.5. The summed E-state index contributed by atoms with van der Waals surface area (Å²) < 4.78 is 0. The van der Waals surface area contributed by atoms with Crippen LogP contribution >= 0.6 is 0 Å². The summed E-state index contributed by atoms with van der Waals surface area (Å²) in [5.41, 5.74) is 8.38. The molecule has 3 rings (SSSR count). The van der Waals surface area contributed by atoms with E-state index in [1.165, 1.54) is 18.6 Å². The molecule has 0 spiro atoms. The zero-order chi connectivity index (χ0) is 21.7. The lowest BCUT2D eigenvalue weighted by molar-refractivity contribution is -0.136. The van der Waals surface area contributed by atoms with Crippen LogP contribution in [0.5, 0.6) is 0 Å². The van der Waals surface area contributed by atoms with Crippen LogP contribution in [0.25, 0.3) is 0 Å². The van der Waals surface area contributed by atoms with Crippen LogP contribution in [0.1, 0.15) is 60.2 Å². The number of Topliss-reactive ketones (excluding diaryl/α,β-unsaturated/α-hetero) is 1. The lowest BCUT2D eigenvalue weighted by atomic mass is 9.89. The van der Waals surface area contributed by atoms with Crippen LogP contribution in [0, 0.1) is 25.7 Å². The van der Waals surface area contributed by atoms with Gasteiger partial charge in [-0.1, -0.05) is 6.92 Å². The number of hydrogen-bond acceptors (Lipinski definition) is 7. The minimum absolute atomic E-state index is 0.0395. The predicted molar refractivity (Wildman–Crippen MR) is 114 cm³/mol. The highest BCUT2D eigenvalue weighted by Crippen LogP contribution is 2.26. The maximum atomic E-state index is 12.8. The largest absolute Gasteiger partial charge is 0.383 e. The van der Waals surface area contributed by atoms with Crippen molar-refractivity contribution in [3.05, 3.63) is 41.4 Å². The van der Waals surface area contributed by atoms with Crippen molar-refractivity contribution in [2.24, 2.45) is 11.8 Å². The Labute approximate surface area is 177 Å². The van der Waals surface area contributed by atoms with Gasteiger partial charge in [0.25, 0.3) is 0 Å². The molecular formula is C22H30N6O2. The fraction of sp³-hybridized carbons (Fsp3) is 0.545. The van der Waals surface area contributed by atoms with Gasteiger partial charge in [-0.2, -0.15) is 0 Å². The summed E-state index contributed by atoms with van der Waals surface area (Å²) in [5, 5.41) is 0. The molecule has 2 N–H and O–H groups in total. The Morgan fingerprint density at radius 1 is 1.20 bits per heavy atom. The number of hydrogen-bond donors (Lipinski definition) is 1. The summed E-state index contributed by atoms with van der Waals surface area (Å²) >= 11 is 0. The molecule has 2 aromatic heterocycles. The zero-order valence-electron chi connectivity index (χ0n) is 18.0. The van der Waals surface area contributed by atoms with Crippen LogP contribution in [0.3, 0.4) is 0 Å². The van der Waals surface area contributed by atoms with E-state index in [2.05, 4.69) is 19.9 Å². The zero-order valence-corrected chi connectivity index (χ0v) is 18.0. The SMILES string of the molecule is Cc1nc(C)c(CCC2CCN(C(=O)[C@H](C)CC(=O)c3cnccn3)CC2)c(N)n1. The molecule has 1 aliphatic heterocycles. The molecule has 0 aromatic carbocycles. The van der Waals surface area contributed by atoms with Crippen molar-refractivity contribution in [2.45, 2.75) is 52.9 Å².